The first-order valence-electron chi connectivity index (χ1n) is 6.63. The molecule has 0 heterocycles. The van der Waals surface area contributed by atoms with Gasteiger partial charge in [0.25, 0.3) is 0 Å². The molecule has 18 heavy (non-hydrogen) atoms. The van der Waals surface area contributed by atoms with E-state index in [0.29, 0.717) is 22.5 Å². The lowest BCUT2D eigenvalue weighted by Crippen LogP contribution is -2.27. The molecule has 1 aromatic carbocycles. The molecule has 0 radical (unpaired) electrons. The van der Waals surface area contributed by atoms with E-state index in [9.17, 15) is 4.79 Å². The number of halogens is 1. The number of nitrogens with zero attached hydrogens (tertiary/aromatic N) is 1. The summed E-state index contributed by atoms with van der Waals surface area (Å²) in [7, 11) is 0. The number of hydrogen-bond donors (Lipinski definition) is 0. The molecule has 0 spiro atoms. The van der Waals surface area contributed by atoms with E-state index in [2.05, 4.69) is 18.7 Å². The van der Waals surface area contributed by atoms with Gasteiger partial charge in [-0.15, -0.1) is 0 Å². The standard InChI is InChI=1S/C15H20ClNO/c1-11(2)7-8-17(13-5-6-13)14-4-3-12(10-18)15(16)9-14/h3-4,9-11,13H,5-8H2,1-2H3. The van der Waals surface area contributed by atoms with Gasteiger partial charge in [-0.1, -0.05) is 25.4 Å². The van der Waals surface area contributed by atoms with Crippen molar-refractivity contribution in [1.82, 2.24) is 0 Å². The van der Waals surface area contributed by atoms with Crippen molar-refractivity contribution in [3.05, 3.63) is 28.8 Å². The van der Waals surface area contributed by atoms with Crippen LogP contribution in [0.3, 0.4) is 0 Å². The Balaban J connectivity index is 2.14. The van der Waals surface area contributed by atoms with Crippen LogP contribution in [0.25, 0.3) is 0 Å². The van der Waals surface area contributed by atoms with Crippen molar-refractivity contribution in [1.29, 1.82) is 0 Å². The summed E-state index contributed by atoms with van der Waals surface area (Å²) in [6.07, 6.45) is 4.53. The van der Waals surface area contributed by atoms with Crippen LogP contribution in [0, 0.1) is 5.92 Å². The number of carbonyl (C=O) groups is 1. The molecule has 0 N–H and O–H groups in total. The number of hydrogen-bond acceptors (Lipinski definition) is 2. The highest BCUT2D eigenvalue weighted by atomic mass is 35.5. The second-order valence-electron chi connectivity index (χ2n) is 5.43. The van der Waals surface area contributed by atoms with E-state index in [0.717, 1.165) is 18.5 Å². The lowest BCUT2D eigenvalue weighted by molar-refractivity contribution is 0.112. The van der Waals surface area contributed by atoms with E-state index in [1.165, 1.54) is 19.3 Å². The first kappa shape index (κ1) is 13.4. The molecule has 0 amide bonds. The van der Waals surface area contributed by atoms with Gasteiger partial charge in [-0.2, -0.15) is 0 Å². The topological polar surface area (TPSA) is 20.3 Å². The van der Waals surface area contributed by atoms with Crippen molar-refractivity contribution in [3.63, 3.8) is 0 Å². The van der Waals surface area contributed by atoms with Crippen LogP contribution in [-0.4, -0.2) is 18.9 Å². The molecule has 0 atom stereocenters. The predicted octanol–water partition coefficient (Wildman–Crippen LogP) is 4.17. The zero-order valence-corrected chi connectivity index (χ0v) is 11.8. The van der Waals surface area contributed by atoms with Crippen LogP contribution in [0.5, 0.6) is 0 Å². The quantitative estimate of drug-likeness (QED) is 0.720. The molecule has 1 aliphatic rings. The Morgan fingerprint density at radius 2 is 2.17 bits per heavy atom. The number of aldehydes is 1. The van der Waals surface area contributed by atoms with Gasteiger partial charge >= 0.3 is 0 Å². The molecule has 1 fully saturated rings. The third-order valence-corrected chi connectivity index (χ3v) is 3.70. The minimum Gasteiger partial charge on any atom is -0.368 e. The summed E-state index contributed by atoms with van der Waals surface area (Å²) < 4.78 is 0. The maximum Gasteiger partial charge on any atom is 0.151 e. The van der Waals surface area contributed by atoms with Gasteiger partial charge in [-0.25, -0.2) is 0 Å². The highest BCUT2D eigenvalue weighted by molar-refractivity contribution is 6.33. The second kappa shape index (κ2) is 5.75. The van der Waals surface area contributed by atoms with E-state index in [1.54, 1.807) is 0 Å². The summed E-state index contributed by atoms with van der Waals surface area (Å²) in [4.78, 5) is 13.2. The van der Waals surface area contributed by atoms with Gasteiger partial charge in [0.2, 0.25) is 0 Å². The lowest BCUT2D eigenvalue weighted by atomic mass is 10.1. The number of anilines is 1. The smallest absolute Gasteiger partial charge is 0.151 e. The zero-order chi connectivity index (χ0) is 13.1. The fourth-order valence-electron chi connectivity index (χ4n) is 2.10. The van der Waals surface area contributed by atoms with Crippen LogP contribution in [0.1, 0.15) is 43.5 Å². The molecule has 0 saturated heterocycles. The minimum absolute atomic E-state index is 0.553. The summed E-state index contributed by atoms with van der Waals surface area (Å²) in [6, 6.07) is 6.41. The van der Waals surface area contributed by atoms with Crippen LogP contribution in [0.4, 0.5) is 5.69 Å². The number of carbonyl (C=O) groups excluding carboxylic acids is 1. The molecule has 1 aromatic rings. The summed E-state index contributed by atoms with van der Waals surface area (Å²) in [5.41, 5.74) is 1.72. The number of benzene rings is 1. The third-order valence-electron chi connectivity index (χ3n) is 3.38. The predicted molar refractivity (Wildman–Crippen MR) is 76.7 cm³/mol. The van der Waals surface area contributed by atoms with Crippen molar-refractivity contribution in [3.8, 4) is 0 Å². The van der Waals surface area contributed by atoms with Crippen LogP contribution >= 0.6 is 11.6 Å². The Hall–Kier alpha value is -1.02. The lowest BCUT2D eigenvalue weighted by Gasteiger charge is -2.26. The normalized spacial score (nSPS) is 14.9. The summed E-state index contributed by atoms with van der Waals surface area (Å²) >= 11 is 6.10. The average Bonchev–Trinajstić information content (AvgIpc) is 3.13. The molecule has 1 aliphatic carbocycles. The fourth-order valence-corrected chi connectivity index (χ4v) is 2.32. The van der Waals surface area contributed by atoms with Gasteiger partial charge in [0.15, 0.2) is 6.29 Å². The molecule has 0 aromatic heterocycles. The maximum atomic E-state index is 10.8. The van der Waals surface area contributed by atoms with Gasteiger partial charge in [0, 0.05) is 23.8 Å². The van der Waals surface area contributed by atoms with Gasteiger partial charge in [0.05, 0.1) is 5.02 Å². The Kier molecular flexibility index (Phi) is 4.28. The molecule has 0 bridgehead atoms. The fraction of sp³-hybridized carbons (Fsp3) is 0.533. The van der Waals surface area contributed by atoms with Crippen LogP contribution < -0.4 is 4.90 Å². The molecule has 0 aliphatic heterocycles. The van der Waals surface area contributed by atoms with E-state index in [1.807, 2.05) is 18.2 Å². The minimum atomic E-state index is 0.553. The SMILES string of the molecule is CC(C)CCN(c1ccc(C=O)c(Cl)c1)C1CC1. The highest BCUT2D eigenvalue weighted by Gasteiger charge is 2.29. The molecule has 98 valence electrons. The zero-order valence-electron chi connectivity index (χ0n) is 11.0. The summed E-state index contributed by atoms with van der Waals surface area (Å²) in [6.45, 7) is 5.56. The van der Waals surface area contributed by atoms with Gasteiger partial charge in [-0.05, 0) is 43.4 Å². The highest BCUT2D eigenvalue weighted by Crippen LogP contribution is 2.33. The van der Waals surface area contributed by atoms with Gasteiger partial charge in [0.1, 0.15) is 0 Å². The van der Waals surface area contributed by atoms with E-state index in [4.69, 9.17) is 11.6 Å². The Morgan fingerprint density at radius 3 is 2.67 bits per heavy atom. The van der Waals surface area contributed by atoms with Crippen molar-refractivity contribution in [2.45, 2.75) is 39.2 Å². The van der Waals surface area contributed by atoms with Crippen molar-refractivity contribution in [2.24, 2.45) is 5.92 Å². The number of rotatable bonds is 6. The molecule has 3 heteroatoms. The molecule has 1 saturated carbocycles. The molecular formula is C15H20ClNO. The Morgan fingerprint density at radius 1 is 1.44 bits per heavy atom. The van der Waals surface area contributed by atoms with E-state index < -0.39 is 0 Å². The first-order chi connectivity index (χ1) is 8.61. The largest absolute Gasteiger partial charge is 0.368 e. The molecule has 0 unspecified atom stereocenters. The molecular weight excluding hydrogens is 246 g/mol. The van der Waals surface area contributed by atoms with E-state index in [-0.39, 0.29) is 0 Å². The van der Waals surface area contributed by atoms with Gasteiger partial charge in [-0.3, -0.25) is 4.79 Å². The van der Waals surface area contributed by atoms with Crippen LogP contribution in [0.2, 0.25) is 5.02 Å². The second-order valence-corrected chi connectivity index (χ2v) is 5.84. The van der Waals surface area contributed by atoms with Crippen molar-refractivity contribution in [2.75, 3.05) is 11.4 Å². The van der Waals surface area contributed by atoms with Crippen LogP contribution in [-0.2, 0) is 0 Å². The maximum absolute atomic E-state index is 10.8. The molecule has 2 nitrogen and oxygen atoms in total. The average molecular weight is 266 g/mol. The summed E-state index contributed by atoms with van der Waals surface area (Å²) in [5.74, 6) is 0.705. The van der Waals surface area contributed by atoms with Gasteiger partial charge < -0.3 is 4.90 Å². The Bertz CT molecular complexity index is 427. The summed E-state index contributed by atoms with van der Waals surface area (Å²) in [5, 5.41) is 0.553. The van der Waals surface area contributed by atoms with Crippen LogP contribution in [0.15, 0.2) is 18.2 Å². The van der Waals surface area contributed by atoms with Crippen molar-refractivity contribution < 1.29 is 4.79 Å². The first-order valence-corrected chi connectivity index (χ1v) is 7.01. The monoisotopic (exact) mass is 265 g/mol. The Labute approximate surface area is 114 Å². The van der Waals surface area contributed by atoms with E-state index >= 15 is 0 Å². The van der Waals surface area contributed by atoms with Crippen molar-refractivity contribution >= 4 is 23.6 Å². The molecule has 2 rings (SSSR count). The third kappa shape index (κ3) is 3.26.